The van der Waals surface area contributed by atoms with Gasteiger partial charge in [-0.05, 0) is 32.0 Å². The van der Waals surface area contributed by atoms with Crippen molar-refractivity contribution in [1.82, 2.24) is 0 Å². The molecule has 1 atom stereocenters. The number of nitrogens with zero attached hydrogens (tertiary/aromatic N) is 1. The highest BCUT2D eigenvalue weighted by molar-refractivity contribution is 5.82. The zero-order valence-corrected chi connectivity index (χ0v) is 12.1. The van der Waals surface area contributed by atoms with Gasteiger partial charge in [0.2, 0.25) is 0 Å². The van der Waals surface area contributed by atoms with Gasteiger partial charge < -0.3 is 9.73 Å². The lowest BCUT2D eigenvalue weighted by Gasteiger charge is -2.15. The fourth-order valence-electron chi connectivity index (χ4n) is 2.61. The zero-order chi connectivity index (χ0) is 14.8. The highest BCUT2D eigenvalue weighted by atomic mass is 16.3. The monoisotopic (exact) mass is 276 g/mol. The second-order valence-electron chi connectivity index (χ2n) is 5.11. The molecule has 0 spiro atoms. The van der Waals surface area contributed by atoms with Gasteiger partial charge in [-0.25, -0.2) is 0 Å². The number of hydrogen-bond acceptors (Lipinski definition) is 3. The summed E-state index contributed by atoms with van der Waals surface area (Å²) in [5.74, 6) is 0.906. The minimum atomic E-state index is -0.00750. The molecule has 1 heterocycles. The molecule has 0 amide bonds. The van der Waals surface area contributed by atoms with Gasteiger partial charge in [-0.1, -0.05) is 30.3 Å². The fourth-order valence-corrected chi connectivity index (χ4v) is 2.61. The van der Waals surface area contributed by atoms with Crippen LogP contribution in [0.25, 0.3) is 11.0 Å². The summed E-state index contributed by atoms with van der Waals surface area (Å²) in [7, 11) is 0. The maximum Gasteiger partial charge on any atom is 0.134 e. The summed E-state index contributed by atoms with van der Waals surface area (Å²) in [5, 5.41) is 13.7. The van der Waals surface area contributed by atoms with Crippen molar-refractivity contribution in [3.8, 4) is 6.07 Å². The molecule has 0 fully saturated rings. The highest BCUT2D eigenvalue weighted by Gasteiger charge is 2.17. The van der Waals surface area contributed by atoms with Crippen molar-refractivity contribution >= 4 is 16.7 Å². The van der Waals surface area contributed by atoms with E-state index in [1.165, 1.54) is 0 Å². The first kappa shape index (κ1) is 13.3. The van der Waals surface area contributed by atoms with Crippen LogP contribution >= 0.6 is 0 Å². The molecule has 0 aliphatic heterocycles. The molecule has 1 N–H and O–H groups in total. The van der Waals surface area contributed by atoms with Gasteiger partial charge >= 0.3 is 0 Å². The zero-order valence-electron chi connectivity index (χ0n) is 12.1. The molecule has 21 heavy (non-hydrogen) atoms. The SMILES string of the molecule is Cc1c(C(C)Nc2ccccc2C#N)oc2ccccc12. The van der Waals surface area contributed by atoms with Crippen LogP contribution in [0.3, 0.4) is 0 Å². The smallest absolute Gasteiger partial charge is 0.134 e. The second kappa shape index (κ2) is 5.34. The Bertz CT molecular complexity index is 827. The fraction of sp³-hybridized carbons (Fsp3) is 0.167. The Morgan fingerprint density at radius 3 is 2.57 bits per heavy atom. The van der Waals surface area contributed by atoms with Crippen LogP contribution in [0.2, 0.25) is 0 Å². The van der Waals surface area contributed by atoms with E-state index in [4.69, 9.17) is 9.68 Å². The van der Waals surface area contributed by atoms with E-state index >= 15 is 0 Å². The third-order valence-corrected chi connectivity index (χ3v) is 3.69. The number of aryl methyl sites for hydroxylation is 1. The van der Waals surface area contributed by atoms with E-state index in [0.717, 1.165) is 28.0 Å². The van der Waals surface area contributed by atoms with Crippen molar-refractivity contribution in [3.63, 3.8) is 0 Å². The molecule has 0 saturated heterocycles. The van der Waals surface area contributed by atoms with E-state index in [0.29, 0.717) is 5.56 Å². The maximum atomic E-state index is 9.16. The Hall–Kier alpha value is -2.73. The minimum Gasteiger partial charge on any atom is -0.459 e. The predicted molar refractivity (Wildman–Crippen MR) is 84.1 cm³/mol. The number of furan rings is 1. The number of rotatable bonds is 3. The van der Waals surface area contributed by atoms with Crippen molar-refractivity contribution in [3.05, 3.63) is 65.4 Å². The van der Waals surface area contributed by atoms with Crippen molar-refractivity contribution in [1.29, 1.82) is 5.26 Å². The van der Waals surface area contributed by atoms with Crippen LogP contribution in [0, 0.1) is 18.3 Å². The van der Waals surface area contributed by atoms with Gasteiger partial charge in [0, 0.05) is 10.9 Å². The van der Waals surface area contributed by atoms with Gasteiger partial charge in [0.1, 0.15) is 17.4 Å². The Kier molecular flexibility index (Phi) is 3.37. The third kappa shape index (κ3) is 2.36. The Balaban J connectivity index is 1.96. The molecular weight excluding hydrogens is 260 g/mol. The molecule has 0 radical (unpaired) electrons. The number of anilines is 1. The molecule has 1 aromatic heterocycles. The second-order valence-corrected chi connectivity index (χ2v) is 5.11. The summed E-state index contributed by atoms with van der Waals surface area (Å²) >= 11 is 0. The molecule has 104 valence electrons. The molecular formula is C18H16N2O. The maximum absolute atomic E-state index is 9.16. The van der Waals surface area contributed by atoms with Gasteiger partial charge in [-0.15, -0.1) is 0 Å². The normalized spacial score (nSPS) is 12.0. The van der Waals surface area contributed by atoms with Crippen LogP contribution in [-0.4, -0.2) is 0 Å². The third-order valence-electron chi connectivity index (χ3n) is 3.69. The molecule has 3 aromatic rings. The lowest BCUT2D eigenvalue weighted by Crippen LogP contribution is -2.08. The summed E-state index contributed by atoms with van der Waals surface area (Å²) in [6.07, 6.45) is 0. The lowest BCUT2D eigenvalue weighted by atomic mass is 10.1. The Morgan fingerprint density at radius 2 is 1.81 bits per heavy atom. The van der Waals surface area contributed by atoms with Gasteiger partial charge in [-0.2, -0.15) is 5.26 Å². The van der Waals surface area contributed by atoms with Crippen LogP contribution in [-0.2, 0) is 0 Å². The summed E-state index contributed by atoms with van der Waals surface area (Å²) in [6.45, 7) is 4.11. The van der Waals surface area contributed by atoms with E-state index in [1.54, 1.807) is 6.07 Å². The van der Waals surface area contributed by atoms with Crippen molar-refractivity contribution in [2.45, 2.75) is 19.9 Å². The van der Waals surface area contributed by atoms with Crippen LogP contribution < -0.4 is 5.32 Å². The van der Waals surface area contributed by atoms with Gasteiger partial charge in [0.15, 0.2) is 0 Å². The first-order valence-electron chi connectivity index (χ1n) is 6.94. The summed E-state index contributed by atoms with van der Waals surface area (Å²) in [4.78, 5) is 0. The molecule has 0 aliphatic rings. The van der Waals surface area contributed by atoms with Crippen molar-refractivity contribution in [2.24, 2.45) is 0 Å². The first-order chi connectivity index (χ1) is 10.2. The number of para-hydroxylation sites is 2. The Morgan fingerprint density at radius 1 is 1.10 bits per heavy atom. The molecule has 0 saturated carbocycles. The molecule has 1 unspecified atom stereocenters. The van der Waals surface area contributed by atoms with E-state index in [-0.39, 0.29) is 6.04 Å². The summed E-state index contributed by atoms with van der Waals surface area (Å²) < 4.78 is 5.96. The number of benzene rings is 2. The van der Waals surface area contributed by atoms with Gasteiger partial charge in [0.25, 0.3) is 0 Å². The predicted octanol–water partition coefficient (Wildman–Crippen LogP) is 4.79. The number of nitrogens with one attached hydrogen (secondary N) is 1. The first-order valence-corrected chi connectivity index (χ1v) is 6.94. The van der Waals surface area contributed by atoms with E-state index in [9.17, 15) is 0 Å². The van der Waals surface area contributed by atoms with Gasteiger partial charge in [-0.3, -0.25) is 0 Å². The van der Waals surface area contributed by atoms with Crippen molar-refractivity contribution < 1.29 is 4.42 Å². The van der Waals surface area contributed by atoms with Crippen LogP contribution in [0.4, 0.5) is 5.69 Å². The average Bonchev–Trinajstić information content (AvgIpc) is 2.85. The van der Waals surface area contributed by atoms with Crippen LogP contribution in [0.1, 0.15) is 29.9 Å². The van der Waals surface area contributed by atoms with Crippen LogP contribution in [0.15, 0.2) is 52.9 Å². The number of hydrogen-bond donors (Lipinski definition) is 1. The largest absolute Gasteiger partial charge is 0.459 e. The number of fused-ring (bicyclic) bond motifs is 1. The molecule has 0 bridgehead atoms. The molecule has 3 rings (SSSR count). The number of nitriles is 1. The highest BCUT2D eigenvalue weighted by Crippen LogP contribution is 2.31. The minimum absolute atomic E-state index is 0.00750. The molecule has 0 aliphatic carbocycles. The Labute approximate surface area is 123 Å². The molecule has 2 aromatic carbocycles. The molecule has 3 nitrogen and oxygen atoms in total. The quantitative estimate of drug-likeness (QED) is 0.748. The lowest BCUT2D eigenvalue weighted by molar-refractivity contribution is 0.522. The summed E-state index contributed by atoms with van der Waals surface area (Å²) in [6, 6.07) is 17.7. The molecule has 3 heteroatoms. The standard InChI is InChI=1S/C18H16N2O/c1-12-15-8-4-6-10-17(15)21-18(12)13(2)20-16-9-5-3-7-14(16)11-19/h3-10,13,20H,1-2H3. The average molecular weight is 276 g/mol. The van der Waals surface area contributed by atoms with Gasteiger partial charge in [0.05, 0.1) is 17.3 Å². The van der Waals surface area contributed by atoms with E-state index in [1.807, 2.05) is 43.3 Å². The van der Waals surface area contributed by atoms with Crippen molar-refractivity contribution in [2.75, 3.05) is 5.32 Å². The van der Waals surface area contributed by atoms with E-state index in [2.05, 4.69) is 24.4 Å². The van der Waals surface area contributed by atoms with Crippen LogP contribution in [0.5, 0.6) is 0 Å². The van der Waals surface area contributed by atoms with E-state index < -0.39 is 0 Å². The summed E-state index contributed by atoms with van der Waals surface area (Å²) in [5.41, 5.74) is 3.50. The topological polar surface area (TPSA) is 49.0 Å².